The van der Waals surface area contributed by atoms with Gasteiger partial charge in [0.25, 0.3) is 0 Å². The third kappa shape index (κ3) is 2.97. The second kappa shape index (κ2) is 6.34. The molecule has 1 unspecified atom stereocenters. The number of aromatic amines is 1. The van der Waals surface area contributed by atoms with Crippen LogP contribution in [0.5, 0.6) is 5.75 Å². The van der Waals surface area contributed by atoms with Crippen molar-refractivity contribution in [1.82, 2.24) is 15.0 Å². The van der Waals surface area contributed by atoms with E-state index in [4.69, 9.17) is 4.74 Å². The van der Waals surface area contributed by atoms with Crippen LogP contribution in [0.3, 0.4) is 0 Å². The minimum Gasteiger partial charge on any atom is -0.612 e. The molecule has 3 rings (SSSR count). The minimum absolute atomic E-state index is 0. The number of benzene rings is 1. The standard InChI is InChI=1S/C14H13N3O2S.ClH/c1-19-13-7-9(20(2)18)3-4-10(13)14-16-11-5-6-15-8-12(11)17-14;/h3-8H,1-2H3,(H,16,17);1H. The molecule has 0 bridgehead atoms. The van der Waals surface area contributed by atoms with E-state index in [1.807, 2.05) is 18.2 Å². The lowest BCUT2D eigenvalue weighted by Crippen LogP contribution is -1.99. The molecule has 0 radical (unpaired) electrons. The summed E-state index contributed by atoms with van der Waals surface area (Å²) in [6.07, 6.45) is 5.06. The highest BCUT2D eigenvalue weighted by atomic mass is 35.5. The van der Waals surface area contributed by atoms with Crippen molar-refractivity contribution < 1.29 is 9.29 Å². The summed E-state index contributed by atoms with van der Waals surface area (Å²) in [5.74, 6) is 1.35. The fourth-order valence-electron chi connectivity index (χ4n) is 2.03. The lowest BCUT2D eigenvalue weighted by Gasteiger charge is -2.09. The van der Waals surface area contributed by atoms with Gasteiger partial charge in [-0.05, 0) is 29.4 Å². The van der Waals surface area contributed by atoms with Crippen LogP contribution in [0.2, 0.25) is 0 Å². The fourth-order valence-corrected chi connectivity index (χ4v) is 2.56. The van der Waals surface area contributed by atoms with E-state index in [1.54, 1.807) is 31.8 Å². The monoisotopic (exact) mass is 323 g/mol. The predicted molar refractivity (Wildman–Crippen MR) is 85.5 cm³/mol. The van der Waals surface area contributed by atoms with Crippen molar-refractivity contribution in [3.8, 4) is 17.1 Å². The first-order valence-electron chi connectivity index (χ1n) is 6.00. The van der Waals surface area contributed by atoms with Crippen LogP contribution >= 0.6 is 12.4 Å². The maximum absolute atomic E-state index is 11.5. The third-order valence-electron chi connectivity index (χ3n) is 3.05. The Morgan fingerprint density at radius 3 is 2.76 bits per heavy atom. The van der Waals surface area contributed by atoms with E-state index in [2.05, 4.69) is 15.0 Å². The van der Waals surface area contributed by atoms with E-state index in [0.717, 1.165) is 21.5 Å². The molecule has 0 aliphatic rings. The second-order valence-corrected chi connectivity index (χ2v) is 5.67. The number of methoxy groups -OCH3 is 1. The Bertz CT molecular complexity index is 728. The van der Waals surface area contributed by atoms with Gasteiger partial charge < -0.3 is 14.3 Å². The molecule has 1 aromatic carbocycles. The minimum atomic E-state index is -1.04. The van der Waals surface area contributed by atoms with Crippen LogP contribution in [0.4, 0.5) is 0 Å². The van der Waals surface area contributed by atoms with Gasteiger partial charge in [0.1, 0.15) is 23.3 Å². The number of nitrogens with zero attached hydrogens (tertiary/aromatic N) is 2. The Kier molecular flexibility index (Phi) is 4.72. The first-order valence-corrected chi connectivity index (χ1v) is 7.56. The van der Waals surface area contributed by atoms with Crippen molar-refractivity contribution in [2.45, 2.75) is 4.90 Å². The molecule has 0 aliphatic carbocycles. The average Bonchev–Trinajstić information content (AvgIpc) is 2.90. The summed E-state index contributed by atoms with van der Waals surface area (Å²) in [6.45, 7) is 0. The zero-order valence-electron chi connectivity index (χ0n) is 11.5. The zero-order valence-corrected chi connectivity index (χ0v) is 13.1. The number of hydrogen-bond donors (Lipinski definition) is 1. The molecular weight excluding hydrogens is 310 g/mol. The van der Waals surface area contributed by atoms with E-state index >= 15 is 0 Å². The molecular formula is C14H14ClN3O2S. The summed E-state index contributed by atoms with van der Waals surface area (Å²) in [5, 5.41) is 0. The molecule has 0 saturated heterocycles. The van der Waals surface area contributed by atoms with Crippen molar-refractivity contribution in [3.05, 3.63) is 36.7 Å². The van der Waals surface area contributed by atoms with Crippen molar-refractivity contribution in [3.63, 3.8) is 0 Å². The van der Waals surface area contributed by atoms with Gasteiger partial charge in [0.15, 0.2) is 4.90 Å². The predicted octanol–water partition coefficient (Wildman–Crippen LogP) is 2.79. The molecule has 7 heteroatoms. The van der Waals surface area contributed by atoms with Crippen LogP contribution < -0.4 is 4.74 Å². The Morgan fingerprint density at radius 1 is 1.29 bits per heavy atom. The maximum Gasteiger partial charge on any atom is 0.156 e. The lowest BCUT2D eigenvalue weighted by atomic mass is 10.2. The summed E-state index contributed by atoms with van der Waals surface area (Å²) in [4.78, 5) is 12.5. The number of aromatic nitrogens is 3. The third-order valence-corrected chi connectivity index (χ3v) is 3.96. The van der Waals surface area contributed by atoms with Crippen LogP contribution in [0.25, 0.3) is 22.4 Å². The topological polar surface area (TPSA) is 73.9 Å². The normalized spacial score (nSPS) is 12.0. The van der Waals surface area contributed by atoms with Crippen LogP contribution in [0, 0.1) is 0 Å². The molecule has 0 saturated carbocycles. The van der Waals surface area contributed by atoms with Crippen molar-refractivity contribution in [2.75, 3.05) is 13.4 Å². The fraction of sp³-hybridized carbons (Fsp3) is 0.143. The number of ether oxygens (including phenoxy) is 1. The molecule has 3 aromatic rings. The molecule has 5 nitrogen and oxygen atoms in total. The lowest BCUT2D eigenvalue weighted by molar-refractivity contribution is 0.415. The average molecular weight is 324 g/mol. The van der Waals surface area contributed by atoms with Crippen LogP contribution in [0.15, 0.2) is 41.6 Å². The molecule has 2 heterocycles. The number of nitrogens with one attached hydrogen (secondary N) is 1. The van der Waals surface area contributed by atoms with Crippen molar-refractivity contribution in [2.24, 2.45) is 0 Å². The number of pyridine rings is 1. The molecule has 0 spiro atoms. The first kappa shape index (κ1) is 15.6. The Labute approximate surface area is 131 Å². The largest absolute Gasteiger partial charge is 0.612 e. The molecule has 21 heavy (non-hydrogen) atoms. The van der Waals surface area contributed by atoms with Gasteiger partial charge in [-0.3, -0.25) is 4.98 Å². The molecule has 1 N–H and O–H groups in total. The van der Waals surface area contributed by atoms with Gasteiger partial charge in [0, 0.05) is 12.3 Å². The maximum atomic E-state index is 11.5. The summed E-state index contributed by atoms with van der Waals surface area (Å²) in [7, 11) is 1.59. The number of halogens is 1. The van der Waals surface area contributed by atoms with Crippen LogP contribution in [0.1, 0.15) is 0 Å². The second-order valence-electron chi connectivity index (χ2n) is 4.29. The van der Waals surface area contributed by atoms with E-state index in [-0.39, 0.29) is 12.4 Å². The van der Waals surface area contributed by atoms with Gasteiger partial charge in [-0.25, -0.2) is 4.98 Å². The highest BCUT2D eigenvalue weighted by Crippen LogP contribution is 2.31. The quantitative estimate of drug-likeness (QED) is 0.752. The van der Waals surface area contributed by atoms with E-state index < -0.39 is 11.2 Å². The first-order chi connectivity index (χ1) is 9.69. The van der Waals surface area contributed by atoms with Gasteiger partial charge in [-0.1, -0.05) is 0 Å². The molecule has 0 amide bonds. The SMILES string of the molecule is COc1cc([S+](C)[O-])ccc1-c1nc2cnccc2[nH]1.Cl. The molecule has 110 valence electrons. The summed E-state index contributed by atoms with van der Waals surface area (Å²) < 4.78 is 16.9. The Morgan fingerprint density at radius 2 is 2.10 bits per heavy atom. The molecule has 0 fully saturated rings. The number of H-pyrrole nitrogens is 1. The molecule has 0 aliphatic heterocycles. The summed E-state index contributed by atoms with van der Waals surface area (Å²) in [5.41, 5.74) is 2.55. The number of rotatable bonds is 3. The highest BCUT2D eigenvalue weighted by Gasteiger charge is 2.14. The van der Waals surface area contributed by atoms with Crippen LogP contribution in [-0.2, 0) is 11.2 Å². The van der Waals surface area contributed by atoms with Crippen LogP contribution in [-0.4, -0.2) is 32.9 Å². The Balaban J connectivity index is 0.00000161. The van der Waals surface area contributed by atoms with Crippen molar-refractivity contribution in [1.29, 1.82) is 0 Å². The number of hydrogen-bond acceptors (Lipinski definition) is 4. The summed E-state index contributed by atoms with van der Waals surface area (Å²) in [6, 6.07) is 7.32. The number of fused-ring (bicyclic) bond motifs is 1. The molecule has 2 aromatic heterocycles. The Hall–Kier alpha value is -1.76. The summed E-state index contributed by atoms with van der Waals surface area (Å²) >= 11 is -1.04. The van der Waals surface area contributed by atoms with Gasteiger partial charge in [-0.2, -0.15) is 0 Å². The van der Waals surface area contributed by atoms with Crippen molar-refractivity contribution >= 4 is 34.6 Å². The van der Waals surface area contributed by atoms with E-state index in [0.29, 0.717) is 11.6 Å². The van der Waals surface area contributed by atoms with E-state index in [9.17, 15) is 4.55 Å². The number of imidazole rings is 1. The smallest absolute Gasteiger partial charge is 0.156 e. The van der Waals surface area contributed by atoms with E-state index in [1.165, 1.54) is 0 Å². The van der Waals surface area contributed by atoms with Gasteiger partial charge >= 0.3 is 0 Å². The highest BCUT2D eigenvalue weighted by molar-refractivity contribution is 7.90. The van der Waals surface area contributed by atoms with Gasteiger partial charge in [0.05, 0.1) is 24.4 Å². The molecule has 1 atom stereocenters. The van der Waals surface area contributed by atoms with Gasteiger partial charge in [-0.15, -0.1) is 12.4 Å². The zero-order chi connectivity index (χ0) is 14.1. The van der Waals surface area contributed by atoms with Gasteiger partial charge in [0.2, 0.25) is 0 Å².